The predicted molar refractivity (Wildman–Crippen MR) is 89.0 cm³/mol. The molecule has 19 heavy (non-hydrogen) atoms. The van der Waals surface area contributed by atoms with Crippen LogP contribution >= 0.6 is 11.3 Å². The molecule has 0 atom stereocenters. The molecule has 0 spiro atoms. The highest BCUT2D eigenvalue weighted by molar-refractivity contribution is 7.25. The van der Waals surface area contributed by atoms with E-state index in [2.05, 4.69) is 16.0 Å². The number of nitrogens with zero attached hydrogens (tertiary/aromatic N) is 2. The normalized spacial score (nSPS) is 8.53. The summed E-state index contributed by atoms with van der Waals surface area (Å²) in [6, 6.07) is 6.08. The van der Waals surface area contributed by atoms with E-state index in [1.807, 2.05) is 72.3 Å². The Bertz CT molecular complexity index is 523. The SMILES string of the molecule is CC.CC.CC.c1cnc2sc3ccncc3c2c1. The van der Waals surface area contributed by atoms with E-state index in [-0.39, 0.29) is 0 Å². The smallest absolute Gasteiger partial charge is 0.124 e. The lowest BCUT2D eigenvalue weighted by Crippen LogP contribution is -1.70. The molecule has 0 amide bonds. The summed E-state index contributed by atoms with van der Waals surface area (Å²) in [7, 11) is 0. The van der Waals surface area contributed by atoms with Crippen molar-refractivity contribution in [2.24, 2.45) is 0 Å². The first-order valence-electron chi connectivity index (χ1n) is 7.02. The molecule has 0 saturated heterocycles. The predicted octanol–water partition coefficient (Wildman–Crippen LogP) is 5.92. The van der Waals surface area contributed by atoms with Crippen LogP contribution in [-0.2, 0) is 0 Å². The van der Waals surface area contributed by atoms with E-state index in [1.165, 1.54) is 15.5 Å². The molecule has 3 heterocycles. The van der Waals surface area contributed by atoms with Gasteiger partial charge in [-0.25, -0.2) is 4.98 Å². The van der Waals surface area contributed by atoms with Crippen molar-refractivity contribution >= 4 is 31.6 Å². The lowest BCUT2D eigenvalue weighted by Gasteiger charge is -1.87. The van der Waals surface area contributed by atoms with Crippen LogP contribution in [0.15, 0.2) is 36.8 Å². The van der Waals surface area contributed by atoms with E-state index in [4.69, 9.17) is 0 Å². The van der Waals surface area contributed by atoms with Crippen LogP contribution in [0.2, 0.25) is 0 Å². The van der Waals surface area contributed by atoms with Gasteiger partial charge in [0.25, 0.3) is 0 Å². The third-order valence-electron chi connectivity index (χ3n) is 2.05. The number of hydrogen-bond acceptors (Lipinski definition) is 3. The zero-order valence-corrected chi connectivity index (χ0v) is 13.6. The summed E-state index contributed by atoms with van der Waals surface area (Å²) in [5, 5.41) is 2.41. The minimum atomic E-state index is 1.09. The molecule has 0 aliphatic rings. The Labute approximate surface area is 120 Å². The summed E-state index contributed by atoms with van der Waals surface area (Å²) >= 11 is 1.71. The minimum absolute atomic E-state index is 1.09. The zero-order chi connectivity index (χ0) is 14.7. The summed E-state index contributed by atoms with van der Waals surface area (Å²) in [5.74, 6) is 0. The van der Waals surface area contributed by atoms with Crippen molar-refractivity contribution in [3.05, 3.63) is 36.8 Å². The van der Waals surface area contributed by atoms with E-state index in [9.17, 15) is 0 Å². The molecule has 2 nitrogen and oxygen atoms in total. The molecular formula is C16H24N2S. The van der Waals surface area contributed by atoms with Crippen LogP contribution in [0.3, 0.4) is 0 Å². The minimum Gasteiger partial charge on any atom is -0.264 e. The molecule has 0 bridgehead atoms. The highest BCUT2D eigenvalue weighted by Gasteiger charge is 2.03. The van der Waals surface area contributed by atoms with Gasteiger partial charge in [0.05, 0.1) is 0 Å². The molecule has 104 valence electrons. The Morgan fingerprint density at radius 1 is 0.842 bits per heavy atom. The first-order valence-corrected chi connectivity index (χ1v) is 7.84. The molecule has 0 aromatic carbocycles. The molecule has 0 aliphatic carbocycles. The highest BCUT2D eigenvalue weighted by atomic mass is 32.1. The molecule has 0 N–H and O–H groups in total. The molecular weight excluding hydrogens is 252 g/mol. The first kappa shape index (κ1) is 17.5. The maximum atomic E-state index is 4.31. The largest absolute Gasteiger partial charge is 0.264 e. The van der Waals surface area contributed by atoms with Crippen LogP contribution in [-0.4, -0.2) is 9.97 Å². The van der Waals surface area contributed by atoms with Crippen molar-refractivity contribution in [2.45, 2.75) is 41.5 Å². The van der Waals surface area contributed by atoms with Gasteiger partial charge in [0.2, 0.25) is 0 Å². The van der Waals surface area contributed by atoms with Gasteiger partial charge in [0.15, 0.2) is 0 Å². The van der Waals surface area contributed by atoms with E-state index in [1.54, 1.807) is 11.3 Å². The van der Waals surface area contributed by atoms with Crippen molar-refractivity contribution in [1.29, 1.82) is 0 Å². The van der Waals surface area contributed by atoms with Crippen LogP contribution in [0.5, 0.6) is 0 Å². The van der Waals surface area contributed by atoms with Gasteiger partial charge in [-0.05, 0) is 18.2 Å². The third kappa shape index (κ3) is 4.28. The van der Waals surface area contributed by atoms with E-state index in [0.717, 1.165) is 4.83 Å². The lowest BCUT2D eigenvalue weighted by atomic mass is 10.2. The van der Waals surface area contributed by atoms with Crippen LogP contribution in [0, 0.1) is 0 Å². The molecule has 0 fully saturated rings. The van der Waals surface area contributed by atoms with Gasteiger partial charge in [-0.3, -0.25) is 4.98 Å². The summed E-state index contributed by atoms with van der Waals surface area (Å²) < 4.78 is 1.25. The van der Waals surface area contributed by atoms with Crippen LogP contribution in [0.4, 0.5) is 0 Å². The van der Waals surface area contributed by atoms with Crippen LogP contribution in [0.25, 0.3) is 20.3 Å². The van der Waals surface area contributed by atoms with Crippen molar-refractivity contribution in [2.75, 3.05) is 0 Å². The average molecular weight is 276 g/mol. The van der Waals surface area contributed by atoms with E-state index >= 15 is 0 Å². The molecule has 3 aromatic rings. The van der Waals surface area contributed by atoms with Gasteiger partial charge in [-0.1, -0.05) is 41.5 Å². The Morgan fingerprint density at radius 3 is 2.21 bits per heavy atom. The molecule has 3 rings (SSSR count). The molecule has 0 radical (unpaired) electrons. The Balaban J connectivity index is 0.000000482. The molecule has 0 aliphatic heterocycles. The van der Waals surface area contributed by atoms with Crippen molar-refractivity contribution < 1.29 is 0 Å². The van der Waals surface area contributed by atoms with Gasteiger partial charge in [0, 0.05) is 34.1 Å². The van der Waals surface area contributed by atoms with Gasteiger partial charge in [-0.15, -0.1) is 11.3 Å². The monoisotopic (exact) mass is 276 g/mol. The fourth-order valence-electron chi connectivity index (χ4n) is 1.45. The average Bonchev–Trinajstić information content (AvgIpc) is 2.92. The van der Waals surface area contributed by atoms with Gasteiger partial charge >= 0.3 is 0 Å². The molecule has 0 unspecified atom stereocenters. The Morgan fingerprint density at radius 2 is 1.53 bits per heavy atom. The standard InChI is InChI=1S/C10H6N2S.3C2H6/c1-2-7-8-6-11-5-3-9(8)13-10(7)12-4-1;3*1-2/h1-6H;3*1-2H3. The summed E-state index contributed by atoms with van der Waals surface area (Å²) in [6.45, 7) is 12.0. The molecule has 3 aromatic heterocycles. The number of rotatable bonds is 0. The van der Waals surface area contributed by atoms with E-state index < -0.39 is 0 Å². The number of aromatic nitrogens is 2. The fraction of sp³-hybridized carbons (Fsp3) is 0.375. The third-order valence-corrected chi connectivity index (χ3v) is 3.14. The summed E-state index contributed by atoms with van der Waals surface area (Å²) in [5.41, 5.74) is 0. The topological polar surface area (TPSA) is 25.8 Å². The van der Waals surface area contributed by atoms with E-state index in [0.29, 0.717) is 0 Å². The maximum Gasteiger partial charge on any atom is 0.124 e. The Hall–Kier alpha value is -1.48. The molecule has 3 heteroatoms. The summed E-state index contributed by atoms with van der Waals surface area (Å²) in [6.07, 6.45) is 5.54. The lowest BCUT2D eigenvalue weighted by molar-refractivity contribution is 1.37. The van der Waals surface area contributed by atoms with Crippen molar-refractivity contribution in [3.8, 4) is 0 Å². The fourth-order valence-corrected chi connectivity index (χ4v) is 2.47. The van der Waals surface area contributed by atoms with Gasteiger partial charge < -0.3 is 0 Å². The van der Waals surface area contributed by atoms with Crippen molar-refractivity contribution in [1.82, 2.24) is 9.97 Å². The maximum absolute atomic E-state index is 4.31. The second-order valence-electron chi connectivity index (χ2n) is 2.83. The number of thiophene rings is 1. The number of fused-ring (bicyclic) bond motifs is 3. The summed E-state index contributed by atoms with van der Waals surface area (Å²) in [4.78, 5) is 9.51. The van der Waals surface area contributed by atoms with Gasteiger partial charge in [0.1, 0.15) is 4.83 Å². The Kier molecular flexibility index (Phi) is 9.63. The number of pyridine rings is 2. The zero-order valence-electron chi connectivity index (χ0n) is 12.8. The second-order valence-corrected chi connectivity index (χ2v) is 3.86. The van der Waals surface area contributed by atoms with Crippen LogP contribution < -0.4 is 0 Å². The second kappa shape index (κ2) is 10.4. The first-order chi connectivity index (χ1) is 9.45. The van der Waals surface area contributed by atoms with Gasteiger partial charge in [-0.2, -0.15) is 0 Å². The van der Waals surface area contributed by atoms with Crippen LogP contribution in [0.1, 0.15) is 41.5 Å². The number of hydrogen-bond donors (Lipinski definition) is 0. The van der Waals surface area contributed by atoms with Crippen molar-refractivity contribution in [3.63, 3.8) is 0 Å². The molecule has 0 saturated carbocycles. The highest BCUT2D eigenvalue weighted by Crippen LogP contribution is 2.30. The quantitative estimate of drug-likeness (QED) is 0.509.